The summed E-state index contributed by atoms with van der Waals surface area (Å²) in [5.41, 5.74) is 2.71. The van der Waals surface area contributed by atoms with Gasteiger partial charge in [0.15, 0.2) is 5.15 Å². The smallest absolute Gasteiger partial charge is 0.245 e. The summed E-state index contributed by atoms with van der Waals surface area (Å²) in [6.07, 6.45) is 4.51. The van der Waals surface area contributed by atoms with Gasteiger partial charge in [0.05, 0.1) is 12.2 Å². The molecule has 0 radical (unpaired) electrons. The fraction of sp³-hybridized carbons (Fsp3) is 0.550. The molecule has 2 atom stereocenters. The average molecular weight is 420 g/mol. The highest BCUT2D eigenvalue weighted by molar-refractivity contribution is 7.90. The maximum Gasteiger partial charge on any atom is 0.245 e. The van der Waals surface area contributed by atoms with Crippen molar-refractivity contribution in [2.24, 2.45) is 5.41 Å². The third-order valence-electron chi connectivity index (χ3n) is 5.87. The van der Waals surface area contributed by atoms with E-state index >= 15 is 0 Å². The zero-order chi connectivity index (χ0) is 19.9. The van der Waals surface area contributed by atoms with Crippen LogP contribution >= 0.6 is 11.6 Å². The molecule has 2 heterocycles. The van der Waals surface area contributed by atoms with Gasteiger partial charge in [-0.15, -0.1) is 14.9 Å². The van der Waals surface area contributed by atoms with Crippen molar-refractivity contribution in [2.75, 3.05) is 18.0 Å². The Kier molecular flexibility index (Phi) is 5.29. The number of nitrogens with zero attached hydrogens (tertiary/aromatic N) is 4. The van der Waals surface area contributed by atoms with Crippen LogP contribution in [0.25, 0.3) is 0 Å². The third-order valence-corrected chi connectivity index (χ3v) is 7.60. The molecule has 1 aromatic carbocycles. The Morgan fingerprint density at radius 2 is 1.93 bits per heavy atom. The minimum absolute atomic E-state index is 0.0565. The number of anilines is 1. The summed E-state index contributed by atoms with van der Waals surface area (Å²) in [5.74, 6) is 0.623. The number of fused-ring (bicyclic) bond motifs is 1. The Labute approximate surface area is 174 Å². The molecule has 0 saturated carbocycles. The van der Waals surface area contributed by atoms with Crippen LogP contribution in [0.15, 0.2) is 30.5 Å². The molecule has 28 heavy (non-hydrogen) atoms. The number of nitrogens with one attached hydrogen (secondary N) is 1. The first-order valence-electron chi connectivity index (χ1n) is 9.65. The van der Waals surface area contributed by atoms with Crippen molar-refractivity contribution in [3.63, 3.8) is 0 Å². The molecule has 0 bridgehead atoms. The third kappa shape index (κ3) is 3.73. The van der Waals surface area contributed by atoms with Gasteiger partial charge in [-0.3, -0.25) is 0 Å². The number of halogens is 1. The van der Waals surface area contributed by atoms with Crippen LogP contribution in [0.5, 0.6) is 0 Å². The average Bonchev–Trinajstić information content (AvgIpc) is 2.95. The Hall–Kier alpha value is -1.41. The van der Waals surface area contributed by atoms with E-state index in [1.54, 1.807) is 0 Å². The molecule has 6 nitrogen and oxygen atoms in total. The van der Waals surface area contributed by atoms with Crippen LogP contribution in [-0.2, 0) is 17.8 Å². The highest BCUT2D eigenvalue weighted by atomic mass is 35.5. The molecular weight excluding hydrogens is 394 g/mol. The van der Waals surface area contributed by atoms with Gasteiger partial charge >= 0.3 is 0 Å². The van der Waals surface area contributed by atoms with Crippen LogP contribution in [0.4, 0.5) is 5.95 Å². The first-order chi connectivity index (χ1) is 13.3. The molecule has 1 N–H and O–H groups in total. The molecule has 2 aromatic rings. The first kappa shape index (κ1) is 19.9. The molecular formula is C20H26ClN5OS. The number of rotatable bonds is 3. The van der Waals surface area contributed by atoms with Gasteiger partial charge in [-0.1, -0.05) is 35.9 Å². The molecule has 1 aliphatic heterocycles. The summed E-state index contributed by atoms with van der Waals surface area (Å²) in [5, 5.41) is 8.34. The standard InChI is InChI=1S/C20H26ClN5OS/c1-19(2,3)28(27)25-17-15-7-5-4-6-14(15)12-20(17)8-10-26(11-9-20)18-22-13-16(21)23-24-18/h4-7,13,17,25H,8-12H2,1-3H3/t17-,28?/m1/s1. The van der Waals surface area contributed by atoms with Crippen LogP contribution in [0.3, 0.4) is 0 Å². The zero-order valence-corrected chi connectivity index (χ0v) is 18.1. The van der Waals surface area contributed by atoms with Gasteiger partial charge in [0.2, 0.25) is 5.95 Å². The van der Waals surface area contributed by atoms with Crippen LogP contribution in [0.2, 0.25) is 5.15 Å². The Balaban J connectivity index is 1.56. The molecule has 1 spiro atoms. The van der Waals surface area contributed by atoms with Crippen molar-refractivity contribution in [2.45, 2.75) is 50.8 Å². The second kappa shape index (κ2) is 7.44. The largest absolute Gasteiger partial charge is 0.598 e. The molecule has 150 valence electrons. The van der Waals surface area contributed by atoms with Crippen LogP contribution in [-0.4, -0.2) is 37.6 Å². The Morgan fingerprint density at radius 3 is 2.57 bits per heavy atom. The van der Waals surface area contributed by atoms with Crippen LogP contribution in [0, 0.1) is 5.41 Å². The van der Waals surface area contributed by atoms with E-state index in [0.29, 0.717) is 11.1 Å². The van der Waals surface area contributed by atoms with Crippen LogP contribution in [0.1, 0.15) is 50.8 Å². The lowest BCUT2D eigenvalue weighted by Crippen LogP contribution is -2.50. The van der Waals surface area contributed by atoms with E-state index in [9.17, 15) is 4.55 Å². The lowest BCUT2D eigenvalue weighted by atomic mass is 9.73. The molecule has 1 aromatic heterocycles. The number of aromatic nitrogens is 3. The van der Waals surface area contributed by atoms with E-state index in [4.69, 9.17) is 11.6 Å². The van der Waals surface area contributed by atoms with Crippen LogP contribution < -0.4 is 9.62 Å². The molecule has 2 aliphatic rings. The topological polar surface area (TPSA) is 77.0 Å². The molecule has 1 unspecified atom stereocenters. The van der Waals surface area contributed by atoms with Gasteiger partial charge in [-0.2, -0.15) is 0 Å². The van der Waals surface area contributed by atoms with Gasteiger partial charge in [-0.25, -0.2) is 4.98 Å². The van der Waals surface area contributed by atoms with Gasteiger partial charge in [-0.05, 0) is 51.2 Å². The predicted molar refractivity (Wildman–Crippen MR) is 113 cm³/mol. The van der Waals surface area contributed by atoms with Crippen molar-refractivity contribution in [1.29, 1.82) is 0 Å². The number of hydrogen-bond acceptors (Lipinski definition) is 6. The van der Waals surface area contributed by atoms with Gasteiger partial charge in [0, 0.05) is 29.9 Å². The molecule has 4 rings (SSSR count). The van der Waals surface area contributed by atoms with Gasteiger partial charge in [0.25, 0.3) is 0 Å². The Bertz CT molecular complexity index is 833. The molecule has 1 aliphatic carbocycles. The minimum atomic E-state index is -1.12. The maximum atomic E-state index is 12.9. The summed E-state index contributed by atoms with van der Waals surface area (Å²) in [7, 11) is 0. The van der Waals surface area contributed by atoms with Gasteiger partial charge in [0.1, 0.15) is 4.75 Å². The van der Waals surface area contributed by atoms with Crippen molar-refractivity contribution in [3.8, 4) is 0 Å². The van der Waals surface area contributed by atoms with Crippen molar-refractivity contribution >= 4 is 28.9 Å². The summed E-state index contributed by atoms with van der Waals surface area (Å²) in [4.78, 5) is 6.47. The second-order valence-corrected chi connectivity index (χ2v) is 11.1. The number of piperidine rings is 1. The summed E-state index contributed by atoms with van der Waals surface area (Å²) in [6, 6.07) is 8.65. The lowest BCUT2D eigenvalue weighted by Gasteiger charge is -2.43. The molecule has 1 fully saturated rings. The summed E-state index contributed by atoms with van der Waals surface area (Å²) < 4.78 is 16.1. The van der Waals surface area contributed by atoms with Crippen molar-refractivity contribution < 1.29 is 4.55 Å². The highest BCUT2D eigenvalue weighted by Gasteiger charge is 2.50. The molecule has 1 saturated heterocycles. The normalized spacial score (nSPS) is 22.3. The number of hydrogen-bond donors (Lipinski definition) is 1. The second-order valence-electron chi connectivity index (χ2n) is 8.74. The van der Waals surface area contributed by atoms with E-state index in [1.807, 2.05) is 20.8 Å². The van der Waals surface area contributed by atoms with Crippen molar-refractivity contribution in [3.05, 3.63) is 46.7 Å². The molecule has 0 amide bonds. The maximum absolute atomic E-state index is 12.9. The summed E-state index contributed by atoms with van der Waals surface area (Å²) in [6.45, 7) is 7.72. The van der Waals surface area contributed by atoms with Gasteiger partial charge < -0.3 is 9.45 Å². The van der Waals surface area contributed by atoms with E-state index < -0.39 is 11.4 Å². The monoisotopic (exact) mass is 419 g/mol. The minimum Gasteiger partial charge on any atom is -0.598 e. The SMILES string of the molecule is CC(C)(C)[S+]([O-])N[C@@H]1c2ccccc2CC12CCN(c1ncc(Cl)nn1)CC2. The fourth-order valence-corrected chi connectivity index (χ4v) is 5.31. The molecule has 8 heteroatoms. The Morgan fingerprint density at radius 1 is 1.21 bits per heavy atom. The first-order valence-corrected chi connectivity index (χ1v) is 11.2. The quantitative estimate of drug-likeness (QED) is 0.767. The van der Waals surface area contributed by atoms with E-state index in [0.717, 1.165) is 32.4 Å². The van der Waals surface area contributed by atoms with E-state index in [1.165, 1.54) is 17.3 Å². The lowest BCUT2D eigenvalue weighted by molar-refractivity contribution is 0.175. The number of benzene rings is 1. The predicted octanol–water partition coefficient (Wildman–Crippen LogP) is 3.46. The zero-order valence-electron chi connectivity index (χ0n) is 16.5. The van der Waals surface area contributed by atoms with Crippen molar-refractivity contribution in [1.82, 2.24) is 19.9 Å². The van der Waals surface area contributed by atoms with E-state index in [-0.39, 0.29) is 16.2 Å². The summed E-state index contributed by atoms with van der Waals surface area (Å²) >= 11 is 4.69. The highest BCUT2D eigenvalue weighted by Crippen LogP contribution is 2.52. The van der Waals surface area contributed by atoms with E-state index in [2.05, 4.69) is 49.1 Å². The fourth-order valence-electron chi connectivity index (χ4n) is 4.28.